The summed E-state index contributed by atoms with van der Waals surface area (Å²) in [6.45, 7) is 2.28. The van der Waals surface area contributed by atoms with Crippen molar-refractivity contribution in [1.29, 1.82) is 0 Å². The molecular formula is C18H36N. The first kappa shape index (κ1) is 18.7. The molecule has 19 heavy (non-hydrogen) atoms. The quantitative estimate of drug-likeness (QED) is 0.237. The number of unbranched alkanes of at least 4 members (excludes halogenated alkanes) is 15. The minimum Gasteiger partial charge on any atom is -0.164 e. The highest BCUT2D eigenvalue weighted by molar-refractivity contribution is 5.53. The first-order valence-corrected chi connectivity index (χ1v) is 8.87. The lowest BCUT2D eigenvalue weighted by Gasteiger charge is -2.03. The molecule has 0 heterocycles. The molecule has 1 nitrogen and oxygen atoms in total. The van der Waals surface area contributed by atoms with Crippen molar-refractivity contribution in [3.05, 3.63) is 0 Å². The average molecular weight is 266 g/mol. The van der Waals surface area contributed by atoms with Crippen LogP contribution in [0.1, 0.15) is 110 Å². The summed E-state index contributed by atoms with van der Waals surface area (Å²) < 4.78 is 0. The molecule has 0 aliphatic rings. The van der Waals surface area contributed by atoms with E-state index in [4.69, 9.17) is 5.41 Å². The van der Waals surface area contributed by atoms with Gasteiger partial charge in [0.25, 0.3) is 0 Å². The van der Waals surface area contributed by atoms with Crippen LogP contribution in [0.3, 0.4) is 0 Å². The summed E-state index contributed by atoms with van der Waals surface area (Å²) in [4.78, 5) is 0. The summed E-state index contributed by atoms with van der Waals surface area (Å²) in [5.74, 6) is 0. The van der Waals surface area contributed by atoms with Gasteiger partial charge < -0.3 is 0 Å². The molecule has 113 valence electrons. The van der Waals surface area contributed by atoms with Crippen molar-refractivity contribution in [2.75, 3.05) is 0 Å². The van der Waals surface area contributed by atoms with E-state index in [0.29, 0.717) is 0 Å². The summed E-state index contributed by atoms with van der Waals surface area (Å²) in [6, 6.07) is 0. The largest absolute Gasteiger partial charge is 0.164 e. The van der Waals surface area contributed by atoms with Gasteiger partial charge in [-0.1, -0.05) is 96.8 Å². The normalized spacial score (nSPS) is 10.8. The summed E-state index contributed by atoms with van der Waals surface area (Å²) in [5, 5.41) is 8.55. The van der Waals surface area contributed by atoms with Crippen molar-refractivity contribution in [1.82, 2.24) is 5.41 Å². The Labute approximate surface area is 122 Å². The maximum Gasteiger partial charge on any atom is 0.0270 e. The Morgan fingerprint density at radius 2 is 0.842 bits per heavy atom. The van der Waals surface area contributed by atoms with Crippen molar-refractivity contribution in [3.8, 4) is 0 Å². The minimum absolute atomic E-state index is 0.873. The molecule has 0 saturated heterocycles. The second kappa shape index (κ2) is 17.7. The molecule has 1 heteroatoms. The van der Waals surface area contributed by atoms with Gasteiger partial charge in [0.2, 0.25) is 0 Å². The van der Waals surface area contributed by atoms with Crippen molar-refractivity contribution in [2.45, 2.75) is 110 Å². The van der Waals surface area contributed by atoms with Crippen LogP contribution in [0.4, 0.5) is 0 Å². The van der Waals surface area contributed by atoms with Gasteiger partial charge in [0.05, 0.1) is 0 Å². The van der Waals surface area contributed by atoms with Crippen LogP contribution in [0.25, 0.3) is 0 Å². The van der Waals surface area contributed by atoms with E-state index in [0.717, 1.165) is 12.8 Å². The van der Waals surface area contributed by atoms with E-state index in [1.807, 2.05) is 0 Å². The van der Waals surface area contributed by atoms with Gasteiger partial charge in [-0.15, -0.1) is 0 Å². The van der Waals surface area contributed by atoms with E-state index >= 15 is 0 Å². The van der Waals surface area contributed by atoms with Crippen LogP contribution in [0, 0.1) is 0 Å². The Bertz CT molecular complexity index is 165. The first-order valence-electron chi connectivity index (χ1n) is 8.87. The summed E-state index contributed by atoms with van der Waals surface area (Å²) in [5.41, 5.74) is 0. The molecule has 0 amide bonds. The van der Waals surface area contributed by atoms with Crippen LogP contribution in [0.2, 0.25) is 0 Å². The standard InChI is InChI=1S/C18H36N/c1-2-3-4-5-6-7-8-9-10-11-12-13-14-15-16-17-18-19/h18H,2-17H2,1H3. The SMILES string of the molecule is CCCCCCCCCCCCCCCCCC=[N]. The van der Waals surface area contributed by atoms with Gasteiger partial charge in [0.1, 0.15) is 0 Å². The third-order valence-corrected chi connectivity index (χ3v) is 3.94. The second-order valence-electron chi connectivity index (χ2n) is 5.92. The zero-order valence-corrected chi connectivity index (χ0v) is 13.3. The molecule has 0 aromatic rings. The molecule has 0 aromatic carbocycles. The van der Waals surface area contributed by atoms with Gasteiger partial charge in [-0.25, -0.2) is 0 Å². The molecule has 0 fully saturated rings. The molecule has 0 rings (SSSR count). The van der Waals surface area contributed by atoms with Gasteiger partial charge in [0, 0.05) is 6.21 Å². The lowest BCUT2D eigenvalue weighted by Crippen LogP contribution is -1.84. The van der Waals surface area contributed by atoms with Crippen LogP contribution in [-0.4, -0.2) is 6.21 Å². The third kappa shape index (κ3) is 17.7. The molecule has 1 radical (unpaired) electrons. The smallest absolute Gasteiger partial charge is 0.0270 e. The van der Waals surface area contributed by atoms with Gasteiger partial charge in [-0.3, -0.25) is 0 Å². The van der Waals surface area contributed by atoms with Crippen molar-refractivity contribution in [3.63, 3.8) is 0 Å². The Morgan fingerprint density at radius 3 is 1.16 bits per heavy atom. The molecule has 0 saturated carbocycles. The highest BCUT2D eigenvalue weighted by Crippen LogP contribution is 2.13. The second-order valence-corrected chi connectivity index (χ2v) is 5.92. The number of hydrogen-bond donors (Lipinski definition) is 0. The van der Waals surface area contributed by atoms with Crippen LogP contribution >= 0.6 is 0 Å². The van der Waals surface area contributed by atoms with Gasteiger partial charge >= 0.3 is 0 Å². The molecule has 0 spiro atoms. The van der Waals surface area contributed by atoms with E-state index in [2.05, 4.69) is 6.92 Å². The number of hydrogen-bond acceptors (Lipinski definition) is 0. The van der Waals surface area contributed by atoms with Crippen molar-refractivity contribution in [2.24, 2.45) is 0 Å². The minimum atomic E-state index is 0.873. The topological polar surface area (TPSA) is 22.3 Å². The fourth-order valence-corrected chi connectivity index (χ4v) is 2.61. The highest BCUT2D eigenvalue weighted by Gasteiger charge is 1.93. The molecule has 0 unspecified atom stereocenters. The third-order valence-electron chi connectivity index (χ3n) is 3.94. The zero-order chi connectivity index (χ0) is 14.0. The lowest BCUT2D eigenvalue weighted by atomic mass is 10.0. The van der Waals surface area contributed by atoms with Crippen molar-refractivity contribution < 1.29 is 0 Å². The molecule has 0 N–H and O–H groups in total. The average Bonchev–Trinajstić information content (AvgIpc) is 2.43. The zero-order valence-electron chi connectivity index (χ0n) is 13.3. The molecular weight excluding hydrogens is 230 g/mol. The van der Waals surface area contributed by atoms with E-state index in [1.54, 1.807) is 0 Å². The summed E-state index contributed by atoms with van der Waals surface area (Å²) in [7, 11) is 0. The van der Waals surface area contributed by atoms with E-state index < -0.39 is 0 Å². The number of rotatable bonds is 16. The molecule has 0 atom stereocenters. The Hall–Kier alpha value is -0.330. The fourth-order valence-electron chi connectivity index (χ4n) is 2.61. The maximum absolute atomic E-state index is 8.55. The maximum atomic E-state index is 8.55. The Kier molecular flexibility index (Phi) is 17.4. The molecule has 0 aliphatic carbocycles. The fraction of sp³-hybridized carbons (Fsp3) is 0.944. The molecule has 0 aromatic heterocycles. The summed E-state index contributed by atoms with van der Waals surface area (Å²) in [6.07, 6.45) is 23.2. The predicted octanol–water partition coefficient (Wildman–Crippen LogP) is 6.12. The van der Waals surface area contributed by atoms with Crippen molar-refractivity contribution >= 4 is 6.21 Å². The van der Waals surface area contributed by atoms with E-state index in [-0.39, 0.29) is 0 Å². The van der Waals surface area contributed by atoms with Gasteiger partial charge in [0.15, 0.2) is 0 Å². The van der Waals surface area contributed by atoms with Gasteiger partial charge in [-0.2, -0.15) is 5.41 Å². The first-order chi connectivity index (χ1) is 9.41. The molecule has 0 bridgehead atoms. The highest BCUT2D eigenvalue weighted by atomic mass is 14.3. The van der Waals surface area contributed by atoms with Crippen LogP contribution in [0.5, 0.6) is 0 Å². The summed E-state index contributed by atoms with van der Waals surface area (Å²) >= 11 is 0. The van der Waals surface area contributed by atoms with Crippen LogP contribution < -0.4 is 5.41 Å². The molecule has 0 aliphatic heterocycles. The number of nitrogens with zero attached hydrogens (tertiary/aromatic N) is 1. The van der Waals surface area contributed by atoms with Crippen LogP contribution in [0.15, 0.2) is 0 Å². The lowest BCUT2D eigenvalue weighted by molar-refractivity contribution is 0.533. The van der Waals surface area contributed by atoms with Gasteiger partial charge in [-0.05, 0) is 12.8 Å². The Balaban J connectivity index is 2.89. The predicted molar refractivity (Wildman–Crippen MR) is 87.7 cm³/mol. The van der Waals surface area contributed by atoms with Crippen LogP contribution in [-0.2, 0) is 0 Å². The van der Waals surface area contributed by atoms with E-state index in [9.17, 15) is 0 Å². The monoisotopic (exact) mass is 266 g/mol. The van der Waals surface area contributed by atoms with E-state index in [1.165, 1.54) is 96.1 Å². The Morgan fingerprint density at radius 1 is 0.526 bits per heavy atom.